The molecule has 4 nitrogen and oxygen atoms in total. The van der Waals surface area contributed by atoms with Crippen molar-refractivity contribution in [2.75, 3.05) is 6.54 Å². The van der Waals surface area contributed by atoms with Crippen LogP contribution in [0.1, 0.15) is 33.6 Å². The summed E-state index contributed by atoms with van der Waals surface area (Å²) in [5.74, 6) is -0.149. The quantitative estimate of drug-likeness (QED) is 0.432. The molecule has 16 heavy (non-hydrogen) atoms. The fraction of sp³-hybridized carbons (Fsp3) is 0.667. The minimum absolute atomic E-state index is 0.0395. The van der Waals surface area contributed by atoms with Crippen LogP contribution in [0.2, 0.25) is 0 Å². The van der Waals surface area contributed by atoms with Crippen molar-refractivity contribution in [2.24, 2.45) is 0 Å². The van der Waals surface area contributed by atoms with E-state index in [4.69, 9.17) is 0 Å². The van der Waals surface area contributed by atoms with Gasteiger partial charge in [0, 0.05) is 6.04 Å². The van der Waals surface area contributed by atoms with Gasteiger partial charge in [0.05, 0.1) is 12.5 Å². The van der Waals surface area contributed by atoms with Gasteiger partial charge in [0.1, 0.15) is 0 Å². The number of amides is 2. The third-order valence-corrected chi connectivity index (χ3v) is 2.64. The molecule has 1 N–H and O–H groups in total. The molecule has 1 aliphatic heterocycles. The molecule has 90 valence electrons. The summed E-state index contributed by atoms with van der Waals surface area (Å²) in [6, 6.07) is -0.359. The third kappa shape index (κ3) is 2.92. The molecule has 1 atom stereocenters. The summed E-state index contributed by atoms with van der Waals surface area (Å²) < 4.78 is 0. The number of nitrogens with one attached hydrogen (secondary N) is 1. The van der Waals surface area contributed by atoms with E-state index >= 15 is 0 Å². The highest BCUT2D eigenvalue weighted by Crippen LogP contribution is 2.15. The molecular weight excluding hydrogens is 204 g/mol. The summed E-state index contributed by atoms with van der Waals surface area (Å²) in [6.07, 6.45) is 5.20. The lowest BCUT2D eigenvalue weighted by Gasteiger charge is -2.19. The van der Waals surface area contributed by atoms with Crippen molar-refractivity contribution < 1.29 is 9.59 Å². The van der Waals surface area contributed by atoms with Crippen LogP contribution in [0.3, 0.4) is 0 Å². The molecule has 1 fully saturated rings. The molecule has 0 bridgehead atoms. The summed E-state index contributed by atoms with van der Waals surface area (Å²) in [4.78, 5) is 24.8. The van der Waals surface area contributed by atoms with Gasteiger partial charge in [0.2, 0.25) is 11.8 Å². The number of rotatable bonds is 5. The molecule has 1 heterocycles. The second-order valence-corrected chi connectivity index (χ2v) is 4.26. The van der Waals surface area contributed by atoms with E-state index in [2.05, 4.69) is 5.32 Å². The summed E-state index contributed by atoms with van der Waals surface area (Å²) in [5, 5.41) is 3.12. The maximum Gasteiger partial charge on any atom is 0.247 e. The van der Waals surface area contributed by atoms with E-state index in [1.165, 1.54) is 4.90 Å². The molecule has 1 rings (SSSR count). The monoisotopic (exact) mass is 224 g/mol. The van der Waals surface area contributed by atoms with Crippen molar-refractivity contribution in [3.05, 3.63) is 12.2 Å². The normalized spacial score (nSPS) is 21.8. The Hall–Kier alpha value is -1.16. The van der Waals surface area contributed by atoms with Gasteiger partial charge in [-0.1, -0.05) is 12.2 Å². The third-order valence-electron chi connectivity index (χ3n) is 2.64. The highest BCUT2D eigenvalue weighted by Gasteiger charge is 2.39. The molecule has 1 aliphatic rings. The van der Waals surface area contributed by atoms with Gasteiger partial charge < -0.3 is 5.32 Å². The van der Waals surface area contributed by atoms with E-state index in [1.54, 1.807) is 0 Å². The molecule has 0 saturated carbocycles. The van der Waals surface area contributed by atoms with E-state index < -0.39 is 0 Å². The molecule has 0 radical (unpaired) electrons. The molecule has 1 saturated heterocycles. The first-order valence-corrected chi connectivity index (χ1v) is 5.78. The average molecular weight is 224 g/mol. The number of allylic oxidation sites excluding steroid dienone is 1. The largest absolute Gasteiger partial charge is 0.305 e. The fourth-order valence-corrected chi connectivity index (χ4v) is 1.86. The van der Waals surface area contributed by atoms with Gasteiger partial charge in [-0.25, -0.2) is 0 Å². The summed E-state index contributed by atoms with van der Waals surface area (Å²) in [5.41, 5.74) is 0. The van der Waals surface area contributed by atoms with Gasteiger partial charge in [0.15, 0.2) is 0 Å². The molecule has 0 spiro atoms. The van der Waals surface area contributed by atoms with Crippen LogP contribution >= 0.6 is 0 Å². The van der Waals surface area contributed by atoms with Gasteiger partial charge in [-0.3, -0.25) is 14.5 Å². The molecule has 4 heteroatoms. The number of imide groups is 1. The lowest BCUT2D eigenvalue weighted by molar-refractivity contribution is -0.140. The summed E-state index contributed by atoms with van der Waals surface area (Å²) >= 11 is 0. The number of likely N-dealkylation sites (tertiary alicyclic amines) is 1. The van der Waals surface area contributed by atoms with E-state index in [9.17, 15) is 9.59 Å². The smallest absolute Gasteiger partial charge is 0.247 e. The van der Waals surface area contributed by atoms with Crippen LogP contribution in [-0.2, 0) is 9.59 Å². The Balaban J connectivity index is 2.46. The van der Waals surface area contributed by atoms with Gasteiger partial charge in [0.25, 0.3) is 0 Å². The molecule has 1 unspecified atom stereocenters. The zero-order chi connectivity index (χ0) is 12.1. The highest BCUT2D eigenvalue weighted by atomic mass is 16.2. The molecule has 0 aromatic rings. The first-order chi connectivity index (χ1) is 7.57. The second kappa shape index (κ2) is 5.80. The van der Waals surface area contributed by atoms with Crippen LogP contribution in [0.5, 0.6) is 0 Å². The van der Waals surface area contributed by atoms with Crippen LogP contribution < -0.4 is 5.32 Å². The zero-order valence-electron chi connectivity index (χ0n) is 10.2. The Labute approximate surface area is 96.7 Å². The van der Waals surface area contributed by atoms with E-state index in [1.807, 2.05) is 32.9 Å². The van der Waals surface area contributed by atoms with Crippen molar-refractivity contribution in [2.45, 2.75) is 45.7 Å². The van der Waals surface area contributed by atoms with E-state index in [0.717, 1.165) is 13.0 Å². The average Bonchev–Trinajstić information content (AvgIpc) is 2.49. The lowest BCUT2D eigenvalue weighted by atomic mass is 10.2. The number of carbonyl (C=O) groups excluding carboxylic acids is 2. The molecule has 0 aromatic heterocycles. The van der Waals surface area contributed by atoms with Crippen molar-refractivity contribution in [3.8, 4) is 0 Å². The van der Waals surface area contributed by atoms with Crippen molar-refractivity contribution >= 4 is 11.8 Å². The maximum atomic E-state index is 11.8. The molecule has 0 aliphatic carbocycles. The number of hydrogen-bond acceptors (Lipinski definition) is 3. The summed E-state index contributed by atoms with van der Waals surface area (Å²) in [6.45, 7) is 6.42. The Kier molecular flexibility index (Phi) is 4.68. The molecule has 2 amide bonds. The lowest BCUT2D eigenvalue weighted by Crippen LogP contribution is -2.42. The minimum atomic E-state index is -0.319. The topological polar surface area (TPSA) is 49.4 Å². The zero-order valence-corrected chi connectivity index (χ0v) is 10.2. The first-order valence-electron chi connectivity index (χ1n) is 5.78. The Morgan fingerprint density at radius 3 is 2.69 bits per heavy atom. The molecule has 0 aromatic carbocycles. The SMILES string of the molecule is C/C=C/CCNC1CC(=O)N(C(C)C)C1=O. The Bertz CT molecular complexity index is 297. The number of nitrogens with zero attached hydrogens (tertiary/aromatic N) is 1. The second-order valence-electron chi connectivity index (χ2n) is 4.26. The van der Waals surface area contributed by atoms with Crippen molar-refractivity contribution in [1.29, 1.82) is 0 Å². The number of hydrogen-bond donors (Lipinski definition) is 1. The summed E-state index contributed by atoms with van der Waals surface area (Å²) in [7, 11) is 0. The molecular formula is C12H20N2O2. The predicted octanol–water partition coefficient (Wildman–Crippen LogP) is 1.08. The van der Waals surface area contributed by atoms with Gasteiger partial charge in [-0.15, -0.1) is 0 Å². The Morgan fingerprint density at radius 2 is 2.19 bits per heavy atom. The van der Waals surface area contributed by atoms with Gasteiger partial charge >= 0.3 is 0 Å². The van der Waals surface area contributed by atoms with Crippen LogP contribution in [0, 0.1) is 0 Å². The fourth-order valence-electron chi connectivity index (χ4n) is 1.86. The van der Waals surface area contributed by atoms with E-state index in [0.29, 0.717) is 6.42 Å². The highest BCUT2D eigenvalue weighted by molar-refractivity contribution is 6.05. The predicted molar refractivity (Wildman–Crippen MR) is 62.8 cm³/mol. The number of carbonyl (C=O) groups is 2. The van der Waals surface area contributed by atoms with E-state index in [-0.39, 0.29) is 23.9 Å². The van der Waals surface area contributed by atoms with Gasteiger partial charge in [-0.05, 0) is 33.7 Å². The minimum Gasteiger partial charge on any atom is -0.305 e. The van der Waals surface area contributed by atoms with Crippen LogP contribution in [-0.4, -0.2) is 35.3 Å². The standard InChI is InChI=1S/C12H20N2O2/c1-4-5-6-7-13-10-8-11(15)14(9(2)3)12(10)16/h4-5,9-10,13H,6-8H2,1-3H3/b5-4+. The maximum absolute atomic E-state index is 11.8. The van der Waals surface area contributed by atoms with Crippen LogP contribution in [0.4, 0.5) is 0 Å². The Morgan fingerprint density at radius 1 is 1.50 bits per heavy atom. The van der Waals surface area contributed by atoms with Crippen molar-refractivity contribution in [1.82, 2.24) is 10.2 Å². The van der Waals surface area contributed by atoms with Crippen molar-refractivity contribution in [3.63, 3.8) is 0 Å². The van der Waals surface area contributed by atoms with Crippen LogP contribution in [0.15, 0.2) is 12.2 Å². The van der Waals surface area contributed by atoms with Gasteiger partial charge in [-0.2, -0.15) is 0 Å². The first kappa shape index (κ1) is 12.9. The van der Waals surface area contributed by atoms with Crippen LogP contribution in [0.25, 0.3) is 0 Å².